The van der Waals surface area contributed by atoms with Crippen LogP contribution in [0.3, 0.4) is 0 Å². The van der Waals surface area contributed by atoms with Gasteiger partial charge in [0.2, 0.25) is 5.88 Å². The van der Waals surface area contributed by atoms with Crippen molar-refractivity contribution in [3.63, 3.8) is 0 Å². The van der Waals surface area contributed by atoms with Crippen molar-refractivity contribution in [2.24, 2.45) is 0 Å². The number of rotatable bonds is 3. The maximum Gasteiger partial charge on any atom is 0.335 e. The average Bonchev–Trinajstić information content (AvgIpc) is 3.13. The molecular formula is C22H20ClN4O4+. The molecule has 1 atom stereocenters. The Labute approximate surface area is 181 Å². The number of aromatic amines is 2. The molecule has 0 amide bonds. The van der Waals surface area contributed by atoms with Crippen LogP contribution >= 0.6 is 11.6 Å². The summed E-state index contributed by atoms with van der Waals surface area (Å²) in [6.07, 6.45) is 0.800. The van der Waals surface area contributed by atoms with Gasteiger partial charge in [0.1, 0.15) is 11.3 Å². The second kappa shape index (κ2) is 7.33. The van der Waals surface area contributed by atoms with Crippen molar-refractivity contribution in [1.29, 1.82) is 0 Å². The second-order valence-corrected chi connectivity index (χ2v) is 7.93. The standard InChI is InChI=1S/C22H19ClN4O4/c1-31-13-6-7-16-15(10-13)14-8-9-24-19(18(14)25-16)17-20(28)26-22(30)27(21(17)29)12-4-2-11(23)3-5-12/h2-7,10,19,24-25,29H,8-9H2,1H3,(H,26,28,30)/p+1/t19-/m0/s1. The van der Waals surface area contributed by atoms with E-state index in [9.17, 15) is 14.7 Å². The van der Waals surface area contributed by atoms with Crippen molar-refractivity contribution >= 4 is 22.5 Å². The summed E-state index contributed by atoms with van der Waals surface area (Å²) in [5, 5.41) is 14.6. The van der Waals surface area contributed by atoms with E-state index in [0.29, 0.717) is 10.7 Å². The van der Waals surface area contributed by atoms with Crippen LogP contribution in [0.15, 0.2) is 52.1 Å². The molecule has 4 aromatic rings. The Morgan fingerprint density at radius 1 is 1.16 bits per heavy atom. The number of aromatic nitrogens is 3. The van der Waals surface area contributed by atoms with Gasteiger partial charge in [-0.1, -0.05) is 11.6 Å². The maximum absolute atomic E-state index is 12.8. The molecule has 0 bridgehead atoms. The number of benzene rings is 2. The molecule has 0 spiro atoms. The largest absolute Gasteiger partial charge is 0.497 e. The third-order valence-electron chi connectivity index (χ3n) is 5.77. The summed E-state index contributed by atoms with van der Waals surface area (Å²) in [6.45, 7) is 0.723. The molecule has 158 valence electrons. The number of nitrogens with one attached hydrogen (secondary N) is 2. The molecule has 0 aliphatic carbocycles. The lowest BCUT2D eigenvalue weighted by Crippen LogP contribution is -2.87. The number of ether oxygens (including phenoxy) is 1. The monoisotopic (exact) mass is 439 g/mol. The van der Waals surface area contributed by atoms with E-state index in [1.54, 1.807) is 31.4 Å². The Morgan fingerprint density at radius 2 is 1.94 bits per heavy atom. The Morgan fingerprint density at radius 3 is 2.68 bits per heavy atom. The maximum atomic E-state index is 12.8. The molecule has 1 aliphatic rings. The summed E-state index contributed by atoms with van der Waals surface area (Å²) in [5.74, 6) is 0.360. The van der Waals surface area contributed by atoms with Crippen molar-refractivity contribution in [3.05, 3.63) is 85.1 Å². The first-order valence-electron chi connectivity index (χ1n) is 9.84. The SMILES string of the molecule is COc1ccc2[nH]c3c(c2c1)CC[NH2+][C@H]3c1c(O)n(-c2ccc(Cl)cc2)c(=O)[nH]c1=O. The van der Waals surface area contributed by atoms with Crippen LogP contribution in [0, 0.1) is 0 Å². The number of quaternary nitrogens is 1. The summed E-state index contributed by atoms with van der Waals surface area (Å²) < 4.78 is 6.44. The van der Waals surface area contributed by atoms with Crippen LogP contribution in [-0.2, 0) is 6.42 Å². The number of nitrogens with two attached hydrogens (primary N) is 1. The third kappa shape index (κ3) is 3.11. The van der Waals surface area contributed by atoms with E-state index in [4.69, 9.17) is 16.3 Å². The highest BCUT2D eigenvalue weighted by atomic mass is 35.5. The number of hydrogen-bond donors (Lipinski definition) is 4. The molecule has 2 aromatic heterocycles. The number of halogens is 1. The number of aromatic hydroxyl groups is 1. The van der Waals surface area contributed by atoms with Gasteiger partial charge in [0.25, 0.3) is 5.56 Å². The first-order valence-corrected chi connectivity index (χ1v) is 10.2. The van der Waals surface area contributed by atoms with Crippen molar-refractivity contribution in [2.75, 3.05) is 13.7 Å². The zero-order chi connectivity index (χ0) is 21.7. The Kier molecular flexibility index (Phi) is 4.60. The first kappa shape index (κ1) is 19.5. The first-order chi connectivity index (χ1) is 15.0. The fraction of sp³-hybridized carbons (Fsp3) is 0.182. The van der Waals surface area contributed by atoms with Gasteiger partial charge >= 0.3 is 5.69 Å². The van der Waals surface area contributed by atoms with Gasteiger partial charge in [-0.15, -0.1) is 0 Å². The summed E-state index contributed by atoms with van der Waals surface area (Å²) in [7, 11) is 1.62. The lowest BCUT2D eigenvalue weighted by molar-refractivity contribution is -0.690. The smallest absolute Gasteiger partial charge is 0.335 e. The molecule has 0 fully saturated rings. The Bertz CT molecular complexity index is 1420. The van der Waals surface area contributed by atoms with Crippen LogP contribution < -0.4 is 21.3 Å². The van der Waals surface area contributed by atoms with Gasteiger partial charge in [-0.05, 0) is 48.0 Å². The zero-order valence-electron chi connectivity index (χ0n) is 16.6. The van der Waals surface area contributed by atoms with Gasteiger partial charge in [-0.2, -0.15) is 0 Å². The van der Waals surface area contributed by atoms with E-state index in [2.05, 4.69) is 9.97 Å². The molecule has 5 rings (SSSR count). The van der Waals surface area contributed by atoms with Crippen LogP contribution in [0.2, 0.25) is 5.02 Å². The highest BCUT2D eigenvalue weighted by Gasteiger charge is 2.34. The van der Waals surface area contributed by atoms with Crippen molar-refractivity contribution < 1.29 is 15.2 Å². The number of fused-ring (bicyclic) bond motifs is 3. The molecule has 0 radical (unpaired) electrons. The summed E-state index contributed by atoms with van der Waals surface area (Å²) in [4.78, 5) is 31.1. The average molecular weight is 440 g/mol. The van der Waals surface area contributed by atoms with Crippen LogP contribution in [0.4, 0.5) is 0 Å². The number of methoxy groups -OCH3 is 1. The van der Waals surface area contributed by atoms with E-state index in [1.165, 1.54) is 0 Å². The Balaban J connectivity index is 1.72. The van der Waals surface area contributed by atoms with E-state index >= 15 is 0 Å². The van der Waals surface area contributed by atoms with Gasteiger partial charge in [-0.25, -0.2) is 9.36 Å². The normalized spacial score (nSPS) is 15.7. The van der Waals surface area contributed by atoms with E-state index in [-0.39, 0.29) is 11.4 Å². The van der Waals surface area contributed by atoms with Crippen molar-refractivity contribution in [2.45, 2.75) is 12.5 Å². The minimum atomic E-state index is -0.717. The molecule has 0 saturated heterocycles. The van der Waals surface area contributed by atoms with Gasteiger partial charge in [0.15, 0.2) is 6.04 Å². The van der Waals surface area contributed by atoms with Crippen molar-refractivity contribution in [1.82, 2.24) is 14.5 Å². The molecule has 3 heterocycles. The predicted octanol–water partition coefficient (Wildman–Crippen LogP) is 1.58. The Hall–Kier alpha value is -3.49. The number of hydrogen-bond acceptors (Lipinski definition) is 4. The third-order valence-corrected chi connectivity index (χ3v) is 6.02. The lowest BCUT2D eigenvalue weighted by atomic mass is 9.95. The summed E-state index contributed by atoms with van der Waals surface area (Å²) in [6, 6.07) is 11.7. The molecule has 8 nitrogen and oxygen atoms in total. The minimum absolute atomic E-state index is 0.119. The topological polar surface area (TPSA) is 117 Å². The fourth-order valence-corrected chi connectivity index (χ4v) is 4.46. The molecular weight excluding hydrogens is 420 g/mol. The molecule has 31 heavy (non-hydrogen) atoms. The number of H-pyrrole nitrogens is 2. The van der Waals surface area contributed by atoms with Gasteiger partial charge < -0.3 is 20.1 Å². The fourth-order valence-electron chi connectivity index (χ4n) is 4.33. The molecule has 0 saturated carbocycles. The van der Waals surface area contributed by atoms with Crippen LogP contribution in [0.25, 0.3) is 16.6 Å². The molecule has 1 aliphatic heterocycles. The number of nitrogens with zero attached hydrogens (tertiary/aromatic N) is 1. The molecule has 9 heteroatoms. The van der Waals surface area contributed by atoms with Crippen molar-refractivity contribution in [3.8, 4) is 17.3 Å². The van der Waals surface area contributed by atoms with Crippen LogP contribution in [0.5, 0.6) is 11.6 Å². The zero-order valence-corrected chi connectivity index (χ0v) is 17.4. The summed E-state index contributed by atoms with van der Waals surface area (Å²) >= 11 is 5.95. The van der Waals surface area contributed by atoms with E-state index in [1.807, 2.05) is 23.5 Å². The van der Waals surface area contributed by atoms with E-state index < -0.39 is 17.3 Å². The van der Waals surface area contributed by atoms with Crippen LogP contribution in [0.1, 0.15) is 22.9 Å². The molecule has 5 N–H and O–H groups in total. The molecule has 0 unspecified atom stereocenters. The lowest BCUT2D eigenvalue weighted by Gasteiger charge is -2.22. The van der Waals surface area contributed by atoms with Gasteiger partial charge in [-0.3, -0.25) is 9.78 Å². The van der Waals surface area contributed by atoms with Gasteiger partial charge in [0, 0.05) is 22.3 Å². The summed E-state index contributed by atoms with van der Waals surface area (Å²) in [5.41, 5.74) is 2.02. The van der Waals surface area contributed by atoms with E-state index in [0.717, 1.165) is 45.4 Å². The van der Waals surface area contributed by atoms with Crippen LogP contribution in [-0.4, -0.2) is 33.3 Å². The minimum Gasteiger partial charge on any atom is -0.497 e. The molecule has 2 aromatic carbocycles. The predicted molar refractivity (Wildman–Crippen MR) is 117 cm³/mol. The van der Waals surface area contributed by atoms with Gasteiger partial charge in [0.05, 0.1) is 25.0 Å². The quantitative estimate of drug-likeness (QED) is 0.387. The highest BCUT2D eigenvalue weighted by molar-refractivity contribution is 6.30. The highest BCUT2D eigenvalue weighted by Crippen LogP contribution is 2.34. The second-order valence-electron chi connectivity index (χ2n) is 7.49.